The molecule has 0 saturated heterocycles. The molecule has 0 spiro atoms. The van der Waals surface area contributed by atoms with E-state index in [1.54, 1.807) is 4.90 Å². The minimum atomic E-state index is -0.356. The van der Waals surface area contributed by atoms with E-state index in [0.29, 0.717) is 24.2 Å². The van der Waals surface area contributed by atoms with Crippen molar-refractivity contribution in [3.8, 4) is 0 Å². The van der Waals surface area contributed by atoms with Crippen molar-refractivity contribution >= 4 is 12.0 Å². The number of nitrogens with zero attached hydrogens (tertiary/aromatic N) is 1. The topological polar surface area (TPSA) is 20.3 Å². The highest BCUT2D eigenvalue weighted by Crippen LogP contribution is 2.15. The van der Waals surface area contributed by atoms with Gasteiger partial charge in [0.05, 0.1) is 0 Å². The van der Waals surface area contributed by atoms with Gasteiger partial charge in [-0.1, -0.05) is 12.7 Å². The van der Waals surface area contributed by atoms with Gasteiger partial charge in [-0.3, -0.25) is 4.79 Å². The van der Waals surface area contributed by atoms with Crippen LogP contribution in [0, 0.1) is 5.82 Å². The molecule has 0 atom stereocenters. The van der Waals surface area contributed by atoms with Crippen LogP contribution in [0.15, 0.2) is 24.8 Å². The van der Waals surface area contributed by atoms with Crippen LogP contribution < -0.4 is 0 Å². The van der Waals surface area contributed by atoms with Gasteiger partial charge in [0, 0.05) is 18.7 Å². The standard InChI is InChI=1S/C13H16FNO/c1-4-10-9-11(14)7-8-12(10)13(16)15(5-2)6-3/h4,7-9H,1,5-6H2,2-3H3. The highest BCUT2D eigenvalue weighted by atomic mass is 19.1. The van der Waals surface area contributed by atoms with E-state index in [1.807, 2.05) is 13.8 Å². The predicted octanol–water partition coefficient (Wildman–Crippen LogP) is 2.95. The minimum Gasteiger partial charge on any atom is -0.339 e. The lowest BCUT2D eigenvalue weighted by molar-refractivity contribution is 0.0773. The van der Waals surface area contributed by atoms with Crippen molar-refractivity contribution in [2.75, 3.05) is 13.1 Å². The summed E-state index contributed by atoms with van der Waals surface area (Å²) in [5, 5.41) is 0. The van der Waals surface area contributed by atoms with Gasteiger partial charge in [0.25, 0.3) is 5.91 Å². The Labute approximate surface area is 95.4 Å². The molecule has 86 valence electrons. The van der Waals surface area contributed by atoms with Crippen molar-refractivity contribution in [1.82, 2.24) is 4.90 Å². The zero-order valence-electron chi connectivity index (χ0n) is 9.66. The number of rotatable bonds is 4. The molecule has 0 unspecified atom stereocenters. The van der Waals surface area contributed by atoms with Crippen LogP contribution in [0.4, 0.5) is 4.39 Å². The first-order valence-corrected chi connectivity index (χ1v) is 5.35. The summed E-state index contributed by atoms with van der Waals surface area (Å²) in [6.45, 7) is 8.70. The molecular weight excluding hydrogens is 205 g/mol. The van der Waals surface area contributed by atoms with E-state index in [-0.39, 0.29) is 11.7 Å². The van der Waals surface area contributed by atoms with Crippen LogP contribution in [-0.4, -0.2) is 23.9 Å². The number of hydrogen-bond acceptors (Lipinski definition) is 1. The fourth-order valence-electron chi connectivity index (χ4n) is 1.58. The summed E-state index contributed by atoms with van der Waals surface area (Å²) >= 11 is 0. The zero-order valence-corrected chi connectivity index (χ0v) is 9.66. The summed E-state index contributed by atoms with van der Waals surface area (Å²) in [5.41, 5.74) is 1.04. The van der Waals surface area contributed by atoms with Crippen LogP contribution >= 0.6 is 0 Å². The average Bonchev–Trinajstić information content (AvgIpc) is 2.30. The maximum absolute atomic E-state index is 13.0. The van der Waals surface area contributed by atoms with Crippen molar-refractivity contribution < 1.29 is 9.18 Å². The van der Waals surface area contributed by atoms with Gasteiger partial charge in [0.15, 0.2) is 0 Å². The van der Waals surface area contributed by atoms with Gasteiger partial charge in [0.1, 0.15) is 5.82 Å². The summed E-state index contributed by atoms with van der Waals surface area (Å²) in [5.74, 6) is -0.439. The Morgan fingerprint density at radius 3 is 2.56 bits per heavy atom. The molecule has 0 aliphatic heterocycles. The normalized spacial score (nSPS) is 9.94. The molecule has 16 heavy (non-hydrogen) atoms. The smallest absolute Gasteiger partial charge is 0.254 e. The van der Waals surface area contributed by atoms with Crippen molar-refractivity contribution in [3.63, 3.8) is 0 Å². The number of carbonyl (C=O) groups excluding carboxylic acids is 1. The summed E-state index contributed by atoms with van der Waals surface area (Å²) in [7, 11) is 0. The van der Waals surface area contributed by atoms with Crippen LogP contribution in [0.1, 0.15) is 29.8 Å². The van der Waals surface area contributed by atoms with Gasteiger partial charge in [-0.15, -0.1) is 0 Å². The van der Waals surface area contributed by atoms with Crippen LogP contribution in [0.3, 0.4) is 0 Å². The molecule has 1 aromatic rings. The second kappa shape index (κ2) is 5.45. The van der Waals surface area contributed by atoms with Crippen LogP contribution in [0.25, 0.3) is 6.08 Å². The van der Waals surface area contributed by atoms with E-state index in [2.05, 4.69) is 6.58 Å². The molecule has 0 aromatic heterocycles. The fourth-order valence-corrected chi connectivity index (χ4v) is 1.58. The predicted molar refractivity (Wildman–Crippen MR) is 63.7 cm³/mol. The zero-order chi connectivity index (χ0) is 12.1. The van der Waals surface area contributed by atoms with Crippen LogP contribution in [0.2, 0.25) is 0 Å². The molecule has 0 fully saturated rings. The van der Waals surface area contributed by atoms with Gasteiger partial charge in [-0.25, -0.2) is 4.39 Å². The monoisotopic (exact) mass is 221 g/mol. The molecule has 0 bridgehead atoms. The maximum Gasteiger partial charge on any atom is 0.254 e. The molecule has 0 radical (unpaired) electrons. The first-order valence-electron chi connectivity index (χ1n) is 5.35. The van der Waals surface area contributed by atoms with Gasteiger partial charge < -0.3 is 4.90 Å². The number of carbonyl (C=O) groups is 1. The van der Waals surface area contributed by atoms with Crippen LogP contribution in [-0.2, 0) is 0 Å². The summed E-state index contributed by atoms with van der Waals surface area (Å²) < 4.78 is 13.0. The largest absolute Gasteiger partial charge is 0.339 e. The fraction of sp³-hybridized carbons (Fsp3) is 0.308. The summed E-state index contributed by atoms with van der Waals surface area (Å²) in [6, 6.07) is 4.13. The first-order chi connectivity index (χ1) is 7.63. The van der Waals surface area contributed by atoms with Crippen LogP contribution in [0.5, 0.6) is 0 Å². The highest BCUT2D eigenvalue weighted by Gasteiger charge is 2.15. The van der Waals surface area contributed by atoms with E-state index in [4.69, 9.17) is 0 Å². The lowest BCUT2D eigenvalue weighted by Crippen LogP contribution is -2.30. The SMILES string of the molecule is C=Cc1cc(F)ccc1C(=O)N(CC)CC. The van der Waals surface area contributed by atoms with Gasteiger partial charge in [-0.05, 0) is 37.6 Å². The molecule has 0 heterocycles. The molecule has 0 aliphatic rings. The van der Waals surface area contributed by atoms with E-state index < -0.39 is 0 Å². The lowest BCUT2D eigenvalue weighted by atomic mass is 10.1. The molecular formula is C13H16FNO. The molecule has 0 aliphatic carbocycles. The Morgan fingerprint density at radius 1 is 1.44 bits per heavy atom. The number of benzene rings is 1. The molecule has 1 rings (SSSR count). The third-order valence-corrected chi connectivity index (χ3v) is 2.51. The summed E-state index contributed by atoms with van der Waals surface area (Å²) in [4.78, 5) is 13.7. The molecule has 1 aromatic carbocycles. The second-order valence-electron chi connectivity index (χ2n) is 3.41. The Balaban J connectivity index is 3.12. The third kappa shape index (κ3) is 2.48. The quantitative estimate of drug-likeness (QED) is 0.765. The number of halogens is 1. The van der Waals surface area contributed by atoms with Gasteiger partial charge in [-0.2, -0.15) is 0 Å². The highest BCUT2D eigenvalue weighted by molar-refractivity contribution is 5.97. The maximum atomic E-state index is 13.0. The molecule has 2 nitrogen and oxygen atoms in total. The summed E-state index contributed by atoms with van der Waals surface area (Å²) in [6.07, 6.45) is 1.50. The van der Waals surface area contributed by atoms with E-state index in [0.717, 1.165) is 0 Å². The molecule has 0 N–H and O–H groups in total. The molecule has 1 amide bonds. The van der Waals surface area contributed by atoms with Gasteiger partial charge in [0.2, 0.25) is 0 Å². The second-order valence-corrected chi connectivity index (χ2v) is 3.41. The Hall–Kier alpha value is -1.64. The lowest BCUT2D eigenvalue weighted by Gasteiger charge is -2.19. The van der Waals surface area contributed by atoms with Crippen molar-refractivity contribution in [1.29, 1.82) is 0 Å². The third-order valence-electron chi connectivity index (χ3n) is 2.51. The van der Waals surface area contributed by atoms with E-state index in [1.165, 1.54) is 24.3 Å². The first kappa shape index (κ1) is 12.4. The Kier molecular flexibility index (Phi) is 4.23. The average molecular weight is 221 g/mol. The number of amides is 1. The Morgan fingerprint density at radius 2 is 2.06 bits per heavy atom. The van der Waals surface area contributed by atoms with Crippen molar-refractivity contribution in [2.24, 2.45) is 0 Å². The molecule has 3 heteroatoms. The van der Waals surface area contributed by atoms with E-state index >= 15 is 0 Å². The number of hydrogen-bond donors (Lipinski definition) is 0. The van der Waals surface area contributed by atoms with Crippen molar-refractivity contribution in [2.45, 2.75) is 13.8 Å². The van der Waals surface area contributed by atoms with E-state index in [9.17, 15) is 9.18 Å². The van der Waals surface area contributed by atoms with Crippen molar-refractivity contribution in [3.05, 3.63) is 41.7 Å². The van der Waals surface area contributed by atoms with Gasteiger partial charge >= 0.3 is 0 Å². The molecule has 0 saturated carbocycles. The minimum absolute atomic E-state index is 0.0834. The Bertz CT molecular complexity index is 397.